The van der Waals surface area contributed by atoms with Gasteiger partial charge in [-0.15, -0.1) is 0 Å². The standard InChI is InChI=1S/C11H24N2/c1-3-5-7-12-9-11-6-8-13(4-2)10-11/h11-12H,3-10H2,1-2H3. The Labute approximate surface area is 82.7 Å². The van der Waals surface area contributed by atoms with E-state index in [1.165, 1.54) is 52.0 Å². The lowest BCUT2D eigenvalue weighted by molar-refractivity contribution is 0.339. The van der Waals surface area contributed by atoms with Gasteiger partial charge in [0.25, 0.3) is 0 Å². The molecule has 1 unspecified atom stereocenters. The molecule has 0 aromatic heterocycles. The van der Waals surface area contributed by atoms with Crippen molar-refractivity contribution >= 4 is 0 Å². The largest absolute Gasteiger partial charge is 0.316 e. The van der Waals surface area contributed by atoms with Crippen LogP contribution in [0.1, 0.15) is 33.1 Å². The van der Waals surface area contributed by atoms with Crippen molar-refractivity contribution in [3.8, 4) is 0 Å². The van der Waals surface area contributed by atoms with Crippen molar-refractivity contribution in [2.45, 2.75) is 33.1 Å². The summed E-state index contributed by atoms with van der Waals surface area (Å²) in [7, 11) is 0. The number of hydrogen-bond acceptors (Lipinski definition) is 2. The third kappa shape index (κ3) is 4.10. The van der Waals surface area contributed by atoms with Gasteiger partial charge in [0.2, 0.25) is 0 Å². The molecular weight excluding hydrogens is 160 g/mol. The van der Waals surface area contributed by atoms with Crippen LogP contribution < -0.4 is 5.32 Å². The molecule has 0 aromatic rings. The highest BCUT2D eigenvalue weighted by molar-refractivity contribution is 4.75. The third-order valence-electron chi connectivity index (χ3n) is 2.96. The van der Waals surface area contributed by atoms with Gasteiger partial charge >= 0.3 is 0 Å². The van der Waals surface area contributed by atoms with E-state index in [9.17, 15) is 0 Å². The molecule has 0 spiro atoms. The molecule has 13 heavy (non-hydrogen) atoms. The lowest BCUT2D eigenvalue weighted by Crippen LogP contribution is -2.26. The monoisotopic (exact) mass is 184 g/mol. The number of rotatable bonds is 6. The lowest BCUT2D eigenvalue weighted by atomic mass is 10.1. The van der Waals surface area contributed by atoms with Crippen molar-refractivity contribution in [1.82, 2.24) is 10.2 Å². The van der Waals surface area contributed by atoms with E-state index in [1.54, 1.807) is 0 Å². The summed E-state index contributed by atoms with van der Waals surface area (Å²) in [6, 6.07) is 0. The van der Waals surface area contributed by atoms with Gasteiger partial charge in [-0.1, -0.05) is 20.3 Å². The Morgan fingerprint density at radius 3 is 2.85 bits per heavy atom. The highest BCUT2D eigenvalue weighted by atomic mass is 15.1. The van der Waals surface area contributed by atoms with Gasteiger partial charge in [-0.3, -0.25) is 0 Å². The van der Waals surface area contributed by atoms with Crippen LogP contribution in [0.4, 0.5) is 0 Å². The van der Waals surface area contributed by atoms with Crippen molar-refractivity contribution in [1.29, 1.82) is 0 Å². The second-order valence-corrected chi connectivity index (χ2v) is 4.11. The molecule has 1 N–H and O–H groups in total. The zero-order valence-electron chi connectivity index (χ0n) is 9.18. The Hall–Kier alpha value is -0.0800. The molecule has 1 aliphatic heterocycles. The fraction of sp³-hybridized carbons (Fsp3) is 1.00. The Morgan fingerprint density at radius 1 is 1.38 bits per heavy atom. The van der Waals surface area contributed by atoms with Crippen molar-refractivity contribution in [3.05, 3.63) is 0 Å². The molecule has 0 bridgehead atoms. The predicted molar refractivity (Wildman–Crippen MR) is 58.0 cm³/mol. The molecule has 0 radical (unpaired) electrons. The fourth-order valence-corrected chi connectivity index (χ4v) is 1.97. The van der Waals surface area contributed by atoms with Crippen LogP contribution in [0.15, 0.2) is 0 Å². The summed E-state index contributed by atoms with van der Waals surface area (Å²) in [5.41, 5.74) is 0. The van der Waals surface area contributed by atoms with Crippen molar-refractivity contribution in [2.24, 2.45) is 5.92 Å². The van der Waals surface area contributed by atoms with Crippen LogP contribution in [0.5, 0.6) is 0 Å². The summed E-state index contributed by atoms with van der Waals surface area (Å²) in [6.07, 6.45) is 4.02. The zero-order chi connectivity index (χ0) is 9.52. The maximum absolute atomic E-state index is 3.55. The lowest BCUT2D eigenvalue weighted by Gasteiger charge is -2.13. The Balaban J connectivity index is 1.97. The first-order valence-electron chi connectivity index (χ1n) is 5.79. The Bertz CT molecular complexity index is 125. The zero-order valence-corrected chi connectivity index (χ0v) is 9.18. The molecule has 1 fully saturated rings. The fourth-order valence-electron chi connectivity index (χ4n) is 1.97. The van der Waals surface area contributed by atoms with Gasteiger partial charge in [0, 0.05) is 6.54 Å². The molecule has 1 atom stereocenters. The molecular formula is C11H24N2. The number of unbranched alkanes of at least 4 members (excludes halogenated alkanes) is 1. The highest BCUT2D eigenvalue weighted by Gasteiger charge is 2.19. The molecule has 0 amide bonds. The first-order chi connectivity index (χ1) is 6.36. The first kappa shape index (κ1) is 11.0. The van der Waals surface area contributed by atoms with Gasteiger partial charge < -0.3 is 10.2 Å². The number of likely N-dealkylation sites (tertiary alicyclic amines) is 1. The van der Waals surface area contributed by atoms with Gasteiger partial charge in [0.05, 0.1) is 0 Å². The van der Waals surface area contributed by atoms with Crippen LogP contribution in [0.2, 0.25) is 0 Å². The average Bonchev–Trinajstić information content (AvgIpc) is 2.60. The van der Waals surface area contributed by atoms with Crippen LogP contribution in [-0.2, 0) is 0 Å². The minimum atomic E-state index is 0.914. The van der Waals surface area contributed by atoms with Crippen LogP contribution in [-0.4, -0.2) is 37.6 Å². The van der Waals surface area contributed by atoms with Crippen molar-refractivity contribution in [2.75, 3.05) is 32.7 Å². The van der Waals surface area contributed by atoms with Gasteiger partial charge in [0.15, 0.2) is 0 Å². The second kappa shape index (κ2) is 6.39. The molecule has 0 aromatic carbocycles. The minimum absolute atomic E-state index is 0.914. The van der Waals surface area contributed by atoms with E-state index in [0.29, 0.717) is 0 Å². The van der Waals surface area contributed by atoms with E-state index in [0.717, 1.165) is 5.92 Å². The smallest absolute Gasteiger partial charge is 0.00222 e. The van der Waals surface area contributed by atoms with Gasteiger partial charge in [-0.05, 0) is 44.9 Å². The Morgan fingerprint density at radius 2 is 2.23 bits per heavy atom. The van der Waals surface area contributed by atoms with E-state index < -0.39 is 0 Å². The molecule has 1 heterocycles. The number of hydrogen-bond donors (Lipinski definition) is 1. The molecule has 2 nitrogen and oxygen atoms in total. The number of nitrogens with one attached hydrogen (secondary N) is 1. The van der Waals surface area contributed by atoms with Crippen molar-refractivity contribution < 1.29 is 0 Å². The molecule has 1 rings (SSSR count). The molecule has 0 aliphatic carbocycles. The molecule has 78 valence electrons. The average molecular weight is 184 g/mol. The first-order valence-corrected chi connectivity index (χ1v) is 5.79. The summed E-state index contributed by atoms with van der Waals surface area (Å²) in [5.74, 6) is 0.914. The van der Waals surface area contributed by atoms with Gasteiger partial charge in [0.1, 0.15) is 0 Å². The minimum Gasteiger partial charge on any atom is -0.316 e. The molecule has 1 saturated heterocycles. The van der Waals surface area contributed by atoms with Crippen molar-refractivity contribution in [3.63, 3.8) is 0 Å². The van der Waals surface area contributed by atoms with E-state index in [4.69, 9.17) is 0 Å². The normalized spacial score (nSPS) is 24.0. The molecule has 0 saturated carbocycles. The SMILES string of the molecule is CCCCNCC1CCN(CC)C1. The molecule has 2 heteroatoms. The Kier molecular flexibility index (Phi) is 5.40. The van der Waals surface area contributed by atoms with E-state index in [1.807, 2.05) is 0 Å². The van der Waals surface area contributed by atoms with Crippen LogP contribution in [0.3, 0.4) is 0 Å². The second-order valence-electron chi connectivity index (χ2n) is 4.11. The van der Waals surface area contributed by atoms with Crippen LogP contribution in [0, 0.1) is 5.92 Å². The van der Waals surface area contributed by atoms with E-state index >= 15 is 0 Å². The predicted octanol–water partition coefficient (Wildman–Crippen LogP) is 1.72. The summed E-state index contributed by atoms with van der Waals surface area (Å²) in [5, 5.41) is 3.55. The van der Waals surface area contributed by atoms with E-state index in [-0.39, 0.29) is 0 Å². The topological polar surface area (TPSA) is 15.3 Å². The molecule has 1 aliphatic rings. The maximum Gasteiger partial charge on any atom is 0.00222 e. The van der Waals surface area contributed by atoms with Crippen LogP contribution in [0.25, 0.3) is 0 Å². The van der Waals surface area contributed by atoms with E-state index in [2.05, 4.69) is 24.1 Å². The van der Waals surface area contributed by atoms with Crippen LogP contribution >= 0.6 is 0 Å². The summed E-state index contributed by atoms with van der Waals surface area (Å²) >= 11 is 0. The third-order valence-corrected chi connectivity index (χ3v) is 2.96. The van der Waals surface area contributed by atoms with Gasteiger partial charge in [-0.25, -0.2) is 0 Å². The highest BCUT2D eigenvalue weighted by Crippen LogP contribution is 2.14. The quantitative estimate of drug-likeness (QED) is 0.632. The number of nitrogens with zero attached hydrogens (tertiary/aromatic N) is 1. The summed E-state index contributed by atoms with van der Waals surface area (Å²) in [4.78, 5) is 2.55. The summed E-state index contributed by atoms with van der Waals surface area (Å²) in [6.45, 7) is 10.8. The van der Waals surface area contributed by atoms with Gasteiger partial charge in [-0.2, -0.15) is 0 Å². The maximum atomic E-state index is 3.55. The summed E-state index contributed by atoms with van der Waals surface area (Å²) < 4.78 is 0.